The summed E-state index contributed by atoms with van der Waals surface area (Å²) in [7, 11) is -0.707. The molecule has 0 fully saturated rings. The number of halogens is 3. The van der Waals surface area contributed by atoms with Crippen molar-refractivity contribution in [2.45, 2.75) is 134 Å². The van der Waals surface area contributed by atoms with E-state index in [1.165, 1.54) is 0 Å². The van der Waals surface area contributed by atoms with Gasteiger partial charge < -0.3 is 24.3 Å². The maximum Gasteiger partial charge on any atom is 0.408 e. The van der Waals surface area contributed by atoms with Crippen molar-refractivity contribution >= 4 is 60.6 Å². The molecule has 0 aliphatic rings. The van der Waals surface area contributed by atoms with Crippen molar-refractivity contribution in [3.63, 3.8) is 0 Å². The van der Waals surface area contributed by atoms with Crippen LogP contribution in [0.5, 0.6) is 5.75 Å². The molecule has 0 saturated heterocycles. The molecule has 0 heterocycles. The molecule has 1 amide bonds. The second-order valence-corrected chi connectivity index (χ2v) is 15.7. The van der Waals surface area contributed by atoms with Gasteiger partial charge in [-0.15, -0.1) is 0 Å². The molecule has 1 aromatic rings. The number of amides is 1. The summed E-state index contributed by atoms with van der Waals surface area (Å²) in [6, 6.07) is 3.57. The van der Waals surface area contributed by atoms with Gasteiger partial charge in [0, 0.05) is 3.92 Å². The predicted molar refractivity (Wildman–Crippen MR) is 174 cm³/mol. The van der Waals surface area contributed by atoms with E-state index in [0.29, 0.717) is 28.8 Å². The van der Waals surface area contributed by atoms with Gasteiger partial charge in [-0.2, -0.15) is 0 Å². The van der Waals surface area contributed by atoms with E-state index < -0.39 is 47.0 Å². The monoisotopic (exact) mass is 749 g/mol. The Balaban J connectivity index is 3.66. The van der Waals surface area contributed by atoms with E-state index >= 15 is 0 Å². The summed E-state index contributed by atoms with van der Waals surface area (Å²) in [5, 5.41) is 3.71. The predicted octanol–water partition coefficient (Wildman–Crippen LogP) is 9.70. The highest BCUT2D eigenvalue weighted by Crippen LogP contribution is 2.45. The van der Waals surface area contributed by atoms with E-state index in [-0.39, 0.29) is 0 Å². The molecule has 0 saturated carbocycles. The van der Waals surface area contributed by atoms with Crippen molar-refractivity contribution in [1.29, 1.82) is 0 Å². The number of hydrogen-bond acceptors (Lipinski definition) is 7. The summed E-state index contributed by atoms with van der Waals surface area (Å²) in [6.07, 6.45) is 2.64. The third-order valence-corrected chi connectivity index (χ3v) is 8.09. The van der Waals surface area contributed by atoms with Crippen LogP contribution in [0, 0.1) is 0 Å². The number of ether oxygens (including phenoxy) is 4. The van der Waals surface area contributed by atoms with E-state index in [9.17, 15) is 9.36 Å². The van der Waals surface area contributed by atoms with Crippen LogP contribution in [0.1, 0.15) is 101 Å². The van der Waals surface area contributed by atoms with E-state index in [4.69, 9.17) is 46.7 Å². The van der Waals surface area contributed by atoms with Gasteiger partial charge in [0.1, 0.15) is 11.1 Å². The van der Waals surface area contributed by atoms with Crippen molar-refractivity contribution in [1.82, 2.24) is 5.32 Å². The third-order valence-electron chi connectivity index (χ3n) is 5.53. The molecule has 1 unspecified atom stereocenters. The van der Waals surface area contributed by atoms with E-state index in [0.717, 1.165) is 24.8 Å². The van der Waals surface area contributed by atoms with Gasteiger partial charge >= 0.3 is 20.8 Å². The van der Waals surface area contributed by atoms with Crippen LogP contribution in [0.2, 0.25) is 10.0 Å². The Hall–Kier alpha value is -0.420. The highest BCUT2D eigenvalue weighted by molar-refractivity contribution is 14.1. The van der Waals surface area contributed by atoms with Crippen LogP contribution in [-0.2, 0) is 29.7 Å². The largest absolute Gasteiger partial charge is 0.490 e. The summed E-state index contributed by atoms with van der Waals surface area (Å²) in [5.41, 5.74) is -3.16. The van der Waals surface area contributed by atoms with Gasteiger partial charge in [-0.1, -0.05) is 65.6 Å². The number of alkyl carbamates (subject to hydrolysis) is 1. The first kappa shape index (κ1) is 38.6. The zero-order valence-corrected chi connectivity index (χ0v) is 30.8. The SMILES string of the molecule is CCCCCOc1c(Cl)cc(CC(I)[C@](C)(NC(=O)OC(C)(C)C)C(OP=O)(OC(C)(C)C)OC(C)(C)C)cc1Cl. The molecule has 0 radical (unpaired) electrons. The van der Waals surface area contributed by atoms with Crippen molar-refractivity contribution in [3.05, 3.63) is 27.7 Å². The Morgan fingerprint density at radius 3 is 1.85 bits per heavy atom. The Morgan fingerprint density at radius 2 is 1.44 bits per heavy atom. The lowest BCUT2D eigenvalue weighted by Crippen LogP contribution is -2.72. The minimum atomic E-state index is -2.02. The van der Waals surface area contributed by atoms with Gasteiger partial charge in [0.2, 0.25) is 0 Å². The van der Waals surface area contributed by atoms with Crippen LogP contribution in [-0.4, -0.2) is 44.9 Å². The normalized spacial score (nSPS) is 15.4. The molecule has 0 spiro atoms. The van der Waals surface area contributed by atoms with Gasteiger partial charge in [-0.3, -0.25) is 0 Å². The van der Waals surface area contributed by atoms with Crippen molar-refractivity contribution in [2.24, 2.45) is 0 Å². The summed E-state index contributed by atoms with van der Waals surface area (Å²) >= 11 is 15.4. The molecule has 236 valence electrons. The molecule has 0 aliphatic heterocycles. The Kier molecular flexibility index (Phi) is 14.6. The maximum absolute atomic E-state index is 13.3. The van der Waals surface area contributed by atoms with Crippen LogP contribution in [0.4, 0.5) is 4.79 Å². The van der Waals surface area contributed by atoms with Crippen LogP contribution in [0.25, 0.3) is 0 Å². The highest BCUT2D eigenvalue weighted by atomic mass is 127. The number of carbonyl (C=O) groups excluding carboxylic acids is 1. The average molecular weight is 750 g/mol. The molecule has 41 heavy (non-hydrogen) atoms. The first-order chi connectivity index (χ1) is 18.6. The number of carbonyl (C=O) groups is 1. The fourth-order valence-corrected chi connectivity index (χ4v) is 5.94. The fourth-order valence-electron chi connectivity index (χ4n) is 3.89. The van der Waals surface area contributed by atoms with Crippen molar-refractivity contribution < 1.29 is 32.8 Å². The van der Waals surface area contributed by atoms with Crippen LogP contribution < -0.4 is 10.1 Å². The average Bonchev–Trinajstić information content (AvgIpc) is 2.74. The number of alkyl halides is 1. The van der Waals surface area contributed by atoms with Crippen molar-refractivity contribution in [3.8, 4) is 5.75 Å². The number of hydrogen-bond donors (Lipinski definition) is 1. The van der Waals surface area contributed by atoms with Crippen molar-refractivity contribution in [2.75, 3.05) is 6.61 Å². The molecule has 8 nitrogen and oxygen atoms in total. The summed E-state index contributed by atoms with van der Waals surface area (Å²) in [4.78, 5) is 13.3. The molecule has 1 N–H and O–H groups in total. The Bertz CT molecular complexity index is 985. The van der Waals surface area contributed by atoms with Gasteiger partial charge in [0.15, 0.2) is 5.75 Å². The Labute approximate surface area is 271 Å². The van der Waals surface area contributed by atoms with Gasteiger partial charge in [-0.05, 0) is 99.8 Å². The molecule has 1 rings (SSSR count). The molecule has 0 aromatic heterocycles. The zero-order chi connectivity index (χ0) is 31.9. The van der Waals surface area contributed by atoms with E-state index in [1.54, 1.807) is 39.8 Å². The van der Waals surface area contributed by atoms with Gasteiger partial charge in [0.05, 0.1) is 27.9 Å². The van der Waals surface area contributed by atoms with E-state index in [1.807, 2.05) is 41.5 Å². The second-order valence-electron chi connectivity index (χ2n) is 13.1. The minimum Gasteiger partial charge on any atom is -0.490 e. The molecule has 0 bridgehead atoms. The summed E-state index contributed by atoms with van der Waals surface area (Å²) in [5.74, 6) is -1.59. The topological polar surface area (TPSA) is 92.3 Å². The number of benzene rings is 1. The lowest BCUT2D eigenvalue weighted by molar-refractivity contribution is -0.422. The zero-order valence-electron chi connectivity index (χ0n) is 26.2. The number of nitrogens with one attached hydrogen (secondary N) is 1. The lowest BCUT2D eigenvalue weighted by atomic mass is 9.89. The van der Waals surface area contributed by atoms with Crippen LogP contribution in [0.15, 0.2) is 12.1 Å². The molecular formula is C29H47Cl2INO7P. The first-order valence-electron chi connectivity index (χ1n) is 13.7. The second kappa shape index (κ2) is 15.5. The molecule has 1 aromatic carbocycles. The van der Waals surface area contributed by atoms with Crippen LogP contribution in [0.3, 0.4) is 0 Å². The fraction of sp³-hybridized carbons (Fsp3) is 0.759. The number of unbranched alkanes of at least 4 members (excludes halogenated alkanes) is 2. The molecule has 0 aliphatic carbocycles. The smallest absolute Gasteiger partial charge is 0.408 e. The molecular weight excluding hydrogens is 703 g/mol. The maximum atomic E-state index is 13.3. The lowest BCUT2D eigenvalue weighted by Gasteiger charge is -2.52. The van der Waals surface area contributed by atoms with Crippen LogP contribution >= 0.6 is 54.5 Å². The first-order valence-corrected chi connectivity index (χ1v) is 16.5. The third kappa shape index (κ3) is 12.6. The summed E-state index contributed by atoms with van der Waals surface area (Å²) < 4.78 is 41.7. The molecule has 12 heteroatoms. The molecule has 2 atom stereocenters. The Morgan fingerprint density at radius 1 is 0.927 bits per heavy atom. The highest BCUT2D eigenvalue weighted by Gasteiger charge is 2.61. The quantitative estimate of drug-likeness (QED) is 0.0666. The number of rotatable bonds is 14. The minimum absolute atomic E-state index is 0.338. The standard InChI is InChI=1S/C29H47Cl2INO7P/c1-12-13-14-15-36-23-20(30)16-19(17-21(23)31)18-22(32)28(11,33-24(34)37-25(2,3)4)29(40-41-35,38-26(5,6)7)39-27(8,9)10/h16-17,22H,12-15,18H2,1-11H3,(H,33,34)/t22?,28-/m0/s1. The van der Waals surface area contributed by atoms with Gasteiger partial charge in [0.25, 0.3) is 0 Å². The summed E-state index contributed by atoms with van der Waals surface area (Å²) in [6.45, 7) is 20.5. The van der Waals surface area contributed by atoms with E-state index in [2.05, 4.69) is 34.8 Å². The van der Waals surface area contributed by atoms with Gasteiger partial charge in [-0.25, -0.2) is 13.9 Å².